The van der Waals surface area contributed by atoms with Gasteiger partial charge in [-0.2, -0.15) is 0 Å². The van der Waals surface area contributed by atoms with Crippen LogP contribution in [-0.4, -0.2) is 59.0 Å². The summed E-state index contributed by atoms with van der Waals surface area (Å²) in [4.78, 5) is 28.3. The molecule has 2 aromatic heterocycles. The molecule has 0 aliphatic carbocycles. The normalized spacial score (nSPS) is 14.7. The smallest absolute Gasteiger partial charge is 0.227 e. The quantitative estimate of drug-likeness (QED) is 0.563. The van der Waals surface area contributed by atoms with Gasteiger partial charge < -0.3 is 24.5 Å². The molecule has 0 bridgehead atoms. The van der Waals surface area contributed by atoms with Gasteiger partial charge in [-0.15, -0.1) is 0 Å². The number of fused-ring (bicyclic) bond motifs is 2. The van der Waals surface area contributed by atoms with Crippen molar-refractivity contribution in [3.8, 4) is 5.75 Å². The average Bonchev–Trinajstić information content (AvgIpc) is 3.37. The number of piperazine rings is 1. The largest absolute Gasteiger partial charge is 0.497 e. The van der Waals surface area contributed by atoms with E-state index in [9.17, 15) is 4.79 Å². The predicted molar refractivity (Wildman–Crippen MR) is 113 cm³/mol. The van der Waals surface area contributed by atoms with Gasteiger partial charge in [0, 0.05) is 49.3 Å². The van der Waals surface area contributed by atoms with E-state index in [0.29, 0.717) is 19.5 Å². The second kappa shape index (κ2) is 7.16. The summed E-state index contributed by atoms with van der Waals surface area (Å²) >= 11 is 0. The molecule has 2 aromatic carbocycles. The van der Waals surface area contributed by atoms with Gasteiger partial charge in [0.15, 0.2) is 0 Å². The van der Waals surface area contributed by atoms with Crippen LogP contribution in [0.3, 0.4) is 0 Å². The summed E-state index contributed by atoms with van der Waals surface area (Å²) in [6.45, 7) is 2.95. The number of hydrogen-bond acceptors (Lipinski definition) is 4. The van der Waals surface area contributed by atoms with E-state index in [1.807, 2.05) is 53.6 Å². The Bertz CT molecular complexity index is 1140. The molecule has 1 fully saturated rings. The van der Waals surface area contributed by atoms with Gasteiger partial charge in [-0.25, -0.2) is 4.98 Å². The Kier molecular flexibility index (Phi) is 4.35. The molecule has 4 aromatic rings. The van der Waals surface area contributed by atoms with Crippen LogP contribution in [0.2, 0.25) is 0 Å². The molecule has 29 heavy (non-hydrogen) atoms. The number of hydrogen-bond donors (Lipinski definition) is 2. The van der Waals surface area contributed by atoms with Crippen LogP contribution in [0.25, 0.3) is 21.9 Å². The Labute approximate surface area is 168 Å². The molecule has 5 rings (SSSR count). The van der Waals surface area contributed by atoms with Crippen LogP contribution in [-0.2, 0) is 11.2 Å². The van der Waals surface area contributed by atoms with Crippen LogP contribution in [0.5, 0.6) is 5.75 Å². The third-order valence-corrected chi connectivity index (χ3v) is 5.63. The SMILES string of the molecule is COc1ccc2c(CC(=O)N3CCN(c4nc5ccccc5[nH]4)CC3)c[nH]c2c1. The number of imidazole rings is 1. The molecule has 1 aliphatic heterocycles. The molecular weight excluding hydrogens is 366 g/mol. The van der Waals surface area contributed by atoms with Crippen molar-refractivity contribution in [2.45, 2.75) is 6.42 Å². The number of carbonyl (C=O) groups is 1. The molecule has 3 heterocycles. The summed E-state index contributed by atoms with van der Waals surface area (Å²) < 4.78 is 5.27. The highest BCUT2D eigenvalue weighted by Gasteiger charge is 2.23. The number of aromatic amines is 2. The Morgan fingerprint density at radius 3 is 2.72 bits per heavy atom. The molecule has 0 atom stereocenters. The van der Waals surface area contributed by atoms with Gasteiger partial charge >= 0.3 is 0 Å². The van der Waals surface area contributed by atoms with Gasteiger partial charge in [0.2, 0.25) is 11.9 Å². The molecule has 1 amide bonds. The number of anilines is 1. The van der Waals surface area contributed by atoms with Gasteiger partial charge in [-0.05, 0) is 29.8 Å². The van der Waals surface area contributed by atoms with Crippen LogP contribution < -0.4 is 9.64 Å². The van der Waals surface area contributed by atoms with Crippen LogP contribution in [0.1, 0.15) is 5.56 Å². The van der Waals surface area contributed by atoms with Crippen molar-refractivity contribution in [3.05, 3.63) is 54.2 Å². The van der Waals surface area contributed by atoms with Gasteiger partial charge in [-0.3, -0.25) is 4.79 Å². The number of benzene rings is 2. The van der Waals surface area contributed by atoms with Crippen LogP contribution >= 0.6 is 0 Å². The number of methoxy groups -OCH3 is 1. The maximum absolute atomic E-state index is 12.9. The molecular formula is C22H23N5O2. The number of ether oxygens (including phenoxy) is 1. The predicted octanol–water partition coefficient (Wildman–Crippen LogP) is 2.94. The molecule has 0 unspecified atom stereocenters. The third-order valence-electron chi connectivity index (χ3n) is 5.63. The van der Waals surface area contributed by atoms with E-state index in [-0.39, 0.29) is 5.91 Å². The monoisotopic (exact) mass is 389 g/mol. The van der Waals surface area contributed by atoms with E-state index >= 15 is 0 Å². The van der Waals surface area contributed by atoms with Gasteiger partial charge in [0.1, 0.15) is 5.75 Å². The Hall–Kier alpha value is -3.48. The van der Waals surface area contributed by atoms with Gasteiger partial charge in [0.05, 0.1) is 24.6 Å². The zero-order chi connectivity index (χ0) is 19.8. The van der Waals surface area contributed by atoms with E-state index in [0.717, 1.165) is 52.3 Å². The maximum atomic E-state index is 12.9. The van der Waals surface area contributed by atoms with Crippen molar-refractivity contribution in [3.63, 3.8) is 0 Å². The van der Waals surface area contributed by atoms with E-state index < -0.39 is 0 Å². The van der Waals surface area contributed by atoms with Crippen molar-refractivity contribution >= 4 is 33.8 Å². The van der Waals surface area contributed by atoms with E-state index in [1.54, 1.807) is 7.11 Å². The second-order valence-corrected chi connectivity index (χ2v) is 7.35. The first-order valence-corrected chi connectivity index (χ1v) is 9.83. The fourth-order valence-electron chi connectivity index (χ4n) is 3.97. The van der Waals surface area contributed by atoms with Crippen molar-refractivity contribution in [1.82, 2.24) is 19.9 Å². The number of nitrogens with one attached hydrogen (secondary N) is 2. The Morgan fingerprint density at radius 2 is 1.93 bits per heavy atom. The Morgan fingerprint density at radius 1 is 1.10 bits per heavy atom. The highest BCUT2D eigenvalue weighted by Crippen LogP contribution is 2.24. The van der Waals surface area contributed by atoms with Crippen LogP contribution in [0.4, 0.5) is 5.95 Å². The minimum Gasteiger partial charge on any atom is -0.497 e. The average molecular weight is 389 g/mol. The molecule has 7 heteroatoms. The lowest BCUT2D eigenvalue weighted by atomic mass is 10.1. The highest BCUT2D eigenvalue weighted by molar-refractivity contribution is 5.89. The zero-order valence-electron chi connectivity index (χ0n) is 16.3. The van der Waals surface area contributed by atoms with Crippen LogP contribution in [0, 0.1) is 0 Å². The van der Waals surface area contributed by atoms with Gasteiger partial charge in [0.25, 0.3) is 0 Å². The van der Waals surface area contributed by atoms with Crippen molar-refractivity contribution in [2.24, 2.45) is 0 Å². The number of para-hydroxylation sites is 2. The zero-order valence-corrected chi connectivity index (χ0v) is 16.3. The van der Waals surface area contributed by atoms with Crippen molar-refractivity contribution < 1.29 is 9.53 Å². The summed E-state index contributed by atoms with van der Waals surface area (Å²) in [7, 11) is 1.65. The topological polar surface area (TPSA) is 77.2 Å². The van der Waals surface area contributed by atoms with Gasteiger partial charge in [-0.1, -0.05) is 12.1 Å². The van der Waals surface area contributed by atoms with Crippen molar-refractivity contribution in [2.75, 3.05) is 38.2 Å². The number of aromatic nitrogens is 3. The van der Waals surface area contributed by atoms with E-state index in [2.05, 4.69) is 19.9 Å². The fourth-order valence-corrected chi connectivity index (χ4v) is 3.97. The lowest BCUT2D eigenvalue weighted by molar-refractivity contribution is -0.130. The minimum absolute atomic E-state index is 0.158. The van der Waals surface area contributed by atoms with Crippen molar-refractivity contribution in [1.29, 1.82) is 0 Å². The molecule has 0 radical (unpaired) electrons. The number of nitrogens with zero attached hydrogens (tertiary/aromatic N) is 3. The standard InChI is InChI=1S/C22H23N5O2/c1-29-16-6-7-17-15(14-23-20(17)13-16)12-21(28)26-8-10-27(11-9-26)22-24-18-4-2-3-5-19(18)25-22/h2-7,13-14,23H,8-12H2,1H3,(H,24,25). The lowest BCUT2D eigenvalue weighted by Crippen LogP contribution is -2.49. The lowest BCUT2D eigenvalue weighted by Gasteiger charge is -2.34. The third kappa shape index (κ3) is 3.29. The maximum Gasteiger partial charge on any atom is 0.227 e. The number of H-pyrrole nitrogens is 2. The molecule has 2 N–H and O–H groups in total. The first kappa shape index (κ1) is 17.6. The summed E-state index contributed by atoms with van der Waals surface area (Å²) in [6.07, 6.45) is 2.32. The van der Waals surface area contributed by atoms with Crippen LogP contribution in [0.15, 0.2) is 48.7 Å². The Balaban J connectivity index is 1.24. The second-order valence-electron chi connectivity index (χ2n) is 7.35. The molecule has 1 aliphatic rings. The van der Waals surface area contributed by atoms with E-state index in [1.165, 1.54) is 0 Å². The number of rotatable bonds is 4. The number of carbonyl (C=O) groups excluding carboxylic acids is 1. The molecule has 148 valence electrons. The molecule has 1 saturated heterocycles. The number of amides is 1. The fraction of sp³-hybridized carbons (Fsp3) is 0.273. The van der Waals surface area contributed by atoms with E-state index in [4.69, 9.17) is 4.74 Å². The first-order chi connectivity index (χ1) is 14.2. The molecule has 0 saturated carbocycles. The minimum atomic E-state index is 0.158. The highest BCUT2D eigenvalue weighted by atomic mass is 16.5. The first-order valence-electron chi connectivity index (χ1n) is 9.83. The molecule has 0 spiro atoms. The summed E-state index contributed by atoms with van der Waals surface area (Å²) in [5.74, 6) is 1.84. The molecule has 7 nitrogen and oxygen atoms in total. The summed E-state index contributed by atoms with van der Waals surface area (Å²) in [6, 6.07) is 13.9. The summed E-state index contributed by atoms with van der Waals surface area (Å²) in [5, 5.41) is 1.07. The summed E-state index contributed by atoms with van der Waals surface area (Å²) in [5.41, 5.74) is 4.02.